The molecule has 0 bridgehead atoms. The Bertz CT molecular complexity index is 1050. The molecule has 0 atom stereocenters. The van der Waals surface area contributed by atoms with Gasteiger partial charge in [-0.05, 0) is 12.1 Å². The van der Waals surface area contributed by atoms with Crippen LogP contribution in [-0.4, -0.2) is 39.0 Å². The summed E-state index contributed by atoms with van der Waals surface area (Å²) in [5, 5.41) is 10.7. The Balaban J connectivity index is 1.82. The van der Waals surface area contributed by atoms with Crippen LogP contribution in [0.1, 0.15) is 5.56 Å². The molecule has 0 aliphatic rings. The normalized spacial score (nSPS) is 11.5. The zero-order chi connectivity index (χ0) is 19.3. The third-order valence-corrected chi connectivity index (χ3v) is 5.03. The quantitative estimate of drug-likeness (QED) is 0.479. The highest BCUT2D eigenvalue weighted by Gasteiger charge is 2.19. The van der Waals surface area contributed by atoms with E-state index in [9.17, 15) is 8.42 Å². The third kappa shape index (κ3) is 4.09. The maximum atomic E-state index is 12.5. The third-order valence-electron chi connectivity index (χ3n) is 3.77. The first-order valence-corrected chi connectivity index (χ1v) is 9.39. The van der Waals surface area contributed by atoms with Gasteiger partial charge >= 0.3 is 0 Å². The largest absolute Gasteiger partial charge is 0.497 e. The van der Waals surface area contributed by atoms with Gasteiger partial charge in [0.25, 0.3) is 10.0 Å². The molecule has 0 radical (unpaired) electrons. The average Bonchev–Trinajstić information content (AvgIpc) is 3.16. The predicted molar refractivity (Wildman–Crippen MR) is 101 cm³/mol. The Kier molecular flexibility index (Phi) is 5.41. The first-order chi connectivity index (χ1) is 13.0. The van der Waals surface area contributed by atoms with Crippen molar-refractivity contribution in [2.45, 2.75) is 4.90 Å². The van der Waals surface area contributed by atoms with Crippen LogP contribution in [-0.2, 0) is 10.0 Å². The molecule has 8 nitrogen and oxygen atoms in total. The Morgan fingerprint density at radius 2 is 1.89 bits per heavy atom. The van der Waals surface area contributed by atoms with Crippen LogP contribution in [0.25, 0.3) is 11.3 Å². The molecule has 2 aromatic carbocycles. The van der Waals surface area contributed by atoms with Crippen molar-refractivity contribution in [3.8, 4) is 22.8 Å². The van der Waals surface area contributed by atoms with Gasteiger partial charge in [-0.25, -0.2) is 0 Å². The molecule has 27 heavy (non-hydrogen) atoms. The van der Waals surface area contributed by atoms with Gasteiger partial charge in [0.1, 0.15) is 16.4 Å². The molecule has 0 fully saturated rings. The van der Waals surface area contributed by atoms with E-state index in [1.54, 1.807) is 6.20 Å². The number of nitrogens with zero attached hydrogens (tertiary/aromatic N) is 2. The maximum absolute atomic E-state index is 12.5. The van der Waals surface area contributed by atoms with E-state index in [1.807, 2.05) is 30.3 Å². The van der Waals surface area contributed by atoms with Crippen LogP contribution in [0.2, 0.25) is 0 Å². The van der Waals surface area contributed by atoms with Crippen LogP contribution >= 0.6 is 0 Å². The highest BCUT2D eigenvalue weighted by molar-refractivity contribution is 7.89. The summed E-state index contributed by atoms with van der Waals surface area (Å²) in [6.45, 7) is 0. The molecule has 0 unspecified atom stereocenters. The Morgan fingerprint density at radius 1 is 1.11 bits per heavy atom. The molecule has 9 heteroatoms. The molecular formula is C18H18N4O4S. The number of nitrogens with one attached hydrogen (secondary N) is 2. The Labute approximate surface area is 156 Å². The van der Waals surface area contributed by atoms with Gasteiger partial charge in [0.15, 0.2) is 0 Å². The molecular weight excluding hydrogens is 368 g/mol. The van der Waals surface area contributed by atoms with Crippen molar-refractivity contribution < 1.29 is 17.9 Å². The number of aromatic nitrogens is 2. The summed E-state index contributed by atoms with van der Waals surface area (Å²) in [6.07, 6.45) is 2.95. The second kappa shape index (κ2) is 7.92. The van der Waals surface area contributed by atoms with Gasteiger partial charge in [-0.3, -0.25) is 5.10 Å². The molecule has 3 aromatic rings. The molecule has 2 N–H and O–H groups in total. The number of H-pyrrole nitrogens is 1. The molecule has 3 rings (SSSR count). The van der Waals surface area contributed by atoms with E-state index in [-0.39, 0.29) is 10.6 Å². The second-order valence-electron chi connectivity index (χ2n) is 5.44. The van der Waals surface area contributed by atoms with Crippen molar-refractivity contribution in [3.05, 3.63) is 60.3 Å². The SMILES string of the molecule is COc1ccc(S(=O)(=O)N/N=C\c2cn[nH]c2-c2ccccc2)c(OC)c1. The average molecular weight is 386 g/mol. The van der Waals surface area contributed by atoms with Crippen LogP contribution in [0, 0.1) is 0 Å². The van der Waals surface area contributed by atoms with Crippen LogP contribution < -0.4 is 14.3 Å². The smallest absolute Gasteiger partial charge is 0.280 e. The number of rotatable bonds is 7. The summed E-state index contributed by atoms with van der Waals surface area (Å²) in [5.41, 5.74) is 2.29. The van der Waals surface area contributed by atoms with E-state index in [2.05, 4.69) is 20.1 Å². The van der Waals surface area contributed by atoms with Gasteiger partial charge in [-0.15, -0.1) is 0 Å². The molecule has 140 valence electrons. The maximum Gasteiger partial charge on any atom is 0.280 e. The summed E-state index contributed by atoms with van der Waals surface area (Å²) in [7, 11) is -1.05. The lowest BCUT2D eigenvalue weighted by Gasteiger charge is -2.10. The standard InChI is InChI=1S/C18H18N4O4S/c1-25-15-8-9-17(16(10-15)26-2)27(23,24)22-20-12-14-11-19-21-18(14)13-6-4-3-5-7-13/h3-12,22H,1-2H3,(H,19,21)/b20-12-. The van der Waals surface area contributed by atoms with E-state index in [1.165, 1.54) is 38.6 Å². The fraction of sp³-hybridized carbons (Fsp3) is 0.111. The molecule has 0 aliphatic heterocycles. The number of hydrogen-bond donors (Lipinski definition) is 2. The minimum atomic E-state index is -3.92. The summed E-state index contributed by atoms with van der Waals surface area (Å²) in [5.74, 6) is 0.644. The number of hydrazone groups is 1. The minimum absolute atomic E-state index is 0.0431. The number of hydrogen-bond acceptors (Lipinski definition) is 6. The number of ether oxygens (including phenoxy) is 2. The van der Waals surface area contributed by atoms with Gasteiger partial charge in [-0.1, -0.05) is 30.3 Å². The molecule has 1 aromatic heterocycles. The zero-order valence-electron chi connectivity index (χ0n) is 14.7. The van der Waals surface area contributed by atoms with Crippen LogP contribution in [0.3, 0.4) is 0 Å². The molecule has 0 amide bonds. The van der Waals surface area contributed by atoms with Crippen LogP contribution in [0.15, 0.2) is 64.7 Å². The minimum Gasteiger partial charge on any atom is -0.497 e. The van der Waals surface area contributed by atoms with Crippen molar-refractivity contribution in [1.29, 1.82) is 0 Å². The number of benzene rings is 2. The van der Waals surface area contributed by atoms with Crippen molar-refractivity contribution in [2.75, 3.05) is 14.2 Å². The fourth-order valence-corrected chi connectivity index (χ4v) is 3.38. The van der Waals surface area contributed by atoms with E-state index < -0.39 is 10.0 Å². The van der Waals surface area contributed by atoms with Gasteiger partial charge in [0.2, 0.25) is 0 Å². The topological polar surface area (TPSA) is 106 Å². The van der Waals surface area contributed by atoms with Gasteiger partial charge in [0, 0.05) is 17.2 Å². The number of methoxy groups -OCH3 is 2. The molecule has 0 spiro atoms. The Hall–Kier alpha value is -3.33. The van der Waals surface area contributed by atoms with Gasteiger partial charge in [0.05, 0.1) is 32.3 Å². The highest BCUT2D eigenvalue weighted by atomic mass is 32.2. The lowest BCUT2D eigenvalue weighted by molar-refractivity contribution is 0.386. The predicted octanol–water partition coefficient (Wildman–Crippen LogP) is 2.41. The number of sulfonamides is 1. The van der Waals surface area contributed by atoms with Crippen molar-refractivity contribution in [1.82, 2.24) is 15.0 Å². The highest BCUT2D eigenvalue weighted by Crippen LogP contribution is 2.28. The summed E-state index contributed by atoms with van der Waals surface area (Å²) < 4.78 is 35.3. The van der Waals surface area contributed by atoms with Crippen LogP contribution in [0.5, 0.6) is 11.5 Å². The zero-order valence-corrected chi connectivity index (χ0v) is 15.5. The molecule has 0 saturated carbocycles. The van der Waals surface area contributed by atoms with Crippen LogP contribution in [0.4, 0.5) is 0 Å². The first-order valence-electron chi connectivity index (χ1n) is 7.91. The van der Waals surface area contributed by atoms with Crippen molar-refractivity contribution in [3.63, 3.8) is 0 Å². The summed E-state index contributed by atoms with van der Waals surface area (Å²) in [4.78, 5) is 2.14. The first kappa shape index (κ1) is 18.5. The van der Waals surface area contributed by atoms with Crippen molar-refractivity contribution in [2.24, 2.45) is 5.10 Å². The van der Waals surface area contributed by atoms with E-state index >= 15 is 0 Å². The van der Waals surface area contributed by atoms with Gasteiger partial charge in [-0.2, -0.15) is 23.4 Å². The summed E-state index contributed by atoms with van der Waals surface area (Å²) >= 11 is 0. The Morgan fingerprint density at radius 3 is 2.59 bits per heavy atom. The fourth-order valence-electron chi connectivity index (χ4n) is 2.44. The van der Waals surface area contributed by atoms with E-state index in [4.69, 9.17) is 9.47 Å². The molecule has 0 saturated heterocycles. The second-order valence-corrected chi connectivity index (χ2v) is 7.07. The monoisotopic (exact) mass is 386 g/mol. The lowest BCUT2D eigenvalue weighted by atomic mass is 10.1. The molecule has 1 heterocycles. The molecule has 0 aliphatic carbocycles. The summed E-state index contributed by atoms with van der Waals surface area (Å²) in [6, 6.07) is 13.9. The lowest BCUT2D eigenvalue weighted by Crippen LogP contribution is -2.19. The van der Waals surface area contributed by atoms with E-state index in [0.29, 0.717) is 11.3 Å². The number of aromatic amines is 1. The van der Waals surface area contributed by atoms with E-state index in [0.717, 1.165) is 11.3 Å². The van der Waals surface area contributed by atoms with Gasteiger partial charge < -0.3 is 9.47 Å². The van der Waals surface area contributed by atoms with Crippen molar-refractivity contribution >= 4 is 16.2 Å².